The van der Waals surface area contributed by atoms with E-state index < -0.39 is 0 Å². The van der Waals surface area contributed by atoms with Crippen LogP contribution in [-0.4, -0.2) is 59.6 Å². The van der Waals surface area contributed by atoms with Gasteiger partial charge in [0.25, 0.3) is 0 Å². The fourth-order valence-electron chi connectivity index (χ4n) is 2.77. The molecule has 92 valence electrons. The minimum atomic E-state index is 0.139. The normalized spacial score (nSPS) is 29.0. The van der Waals surface area contributed by atoms with Crippen molar-refractivity contribution < 1.29 is 9.90 Å². The molecule has 0 radical (unpaired) electrons. The summed E-state index contributed by atoms with van der Waals surface area (Å²) in [7, 11) is 0. The van der Waals surface area contributed by atoms with Crippen molar-refractivity contribution in [1.29, 1.82) is 0 Å². The number of hydrogen-bond acceptors (Lipinski definition) is 3. The van der Waals surface area contributed by atoms with Gasteiger partial charge in [0.2, 0.25) is 5.91 Å². The van der Waals surface area contributed by atoms with E-state index in [2.05, 4.69) is 11.8 Å². The van der Waals surface area contributed by atoms with E-state index in [1.807, 2.05) is 4.90 Å². The third-order valence-corrected chi connectivity index (χ3v) is 3.80. The molecular formula is C12H22N2O2. The van der Waals surface area contributed by atoms with Gasteiger partial charge in [0, 0.05) is 38.1 Å². The van der Waals surface area contributed by atoms with E-state index >= 15 is 0 Å². The average molecular weight is 226 g/mol. The molecule has 1 N–H and O–H groups in total. The molecule has 4 nitrogen and oxygen atoms in total. The van der Waals surface area contributed by atoms with E-state index in [0.29, 0.717) is 12.5 Å². The van der Waals surface area contributed by atoms with Gasteiger partial charge in [-0.1, -0.05) is 0 Å². The van der Waals surface area contributed by atoms with E-state index in [-0.39, 0.29) is 18.4 Å². The molecule has 0 aromatic heterocycles. The first-order valence-electron chi connectivity index (χ1n) is 6.33. The molecule has 2 atom stereocenters. The number of likely N-dealkylation sites (tertiary alicyclic amines) is 2. The zero-order valence-corrected chi connectivity index (χ0v) is 10.1. The average Bonchev–Trinajstić information content (AvgIpc) is 2.88. The van der Waals surface area contributed by atoms with Crippen LogP contribution >= 0.6 is 0 Å². The van der Waals surface area contributed by atoms with Crippen LogP contribution in [0.15, 0.2) is 0 Å². The number of hydrogen-bond donors (Lipinski definition) is 1. The number of aliphatic hydroxyl groups excluding tert-OH is 1. The van der Waals surface area contributed by atoms with Gasteiger partial charge in [-0.2, -0.15) is 0 Å². The van der Waals surface area contributed by atoms with E-state index in [9.17, 15) is 4.79 Å². The fraction of sp³-hybridized carbons (Fsp3) is 0.917. The summed E-state index contributed by atoms with van der Waals surface area (Å²) >= 11 is 0. The lowest BCUT2D eigenvalue weighted by Gasteiger charge is -2.28. The summed E-state index contributed by atoms with van der Waals surface area (Å²) in [6.45, 7) is 6.26. The van der Waals surface area contributed by atoms with Gasteiger partial charge in [-0.05, 0) is 32.9 Å². The Bertz CT molecular complexity index is 251. The first-order valence-corrected chi connectivity index (χ1v) is 6.33. The topological polar surface area (TPSA) is 43.8 Å². The first kappa shape index (κ1) is 11.9. The molecular weight excluding hydrogens is 204 g/mol. The number of rotatable bonds is 4. The Hall–Kier alpha value is -0.610. The standard InChI is InChI=1S/C12H22N2O2/c1-10(13-4-2-3-5-13)7-14-8-11(9-15)6-12(14)16/h10-11,15H,2-9H2,1H3. The van der Waals surface area contributed by atoms with Gasteiger partial charge in [0.1, 0.15) is 0 Å². The molecule has 2 aliphatic heterocycles. The van der Waals surface area contributed by atoms with Gasteiger partial charge in [-0.15, -0.1) is 0 Å². The number of nitrogens with zero attached hydrogens (tertiary/aromatic N) is 2. The van der Waals surface area contributed by atoms with Crippen molar-refractivity contribution >= 4 is 5.91 Å². The SMILES string of the molecule is CC(CN1CC(CO)CC1=O)N1CCCC1. The van der Waals surface area contributed by atoms with Gasteiger partial charge in [-0.3, -0.25) is 9.69 Å². The molecule has 0 aliphatic carbocycles. The highest BCUT2D eigenvalue weighted by Gasteiger charge is 2.31. The smallest absolute Gasteiger partial charge is 0.223 e. The molecule has 2 rings (SSSR count). The molecule has 4 heteroatoms. The molecule has 1 amide bonds. The monoisotopic (exact) mass is 226 g/mol. The van der Waals surface area contributed by atoms with Crippen LogP contribution in [0.1, 0.15) is 26.2 Å². The minimum Gasteiger partial charge on any atom is -0.396 e. The second-order valence-electron chi connectivity index (χ2n) is 5.14. The molecule has 2 heterocycles. The van der Waals surface area contributed by atoms with Crippen LogP contribution in [0, 0.1) is 5.92 Å². The van der Waals surface area contributed by atoms with Gasteiger partial charge in [0.15, 0.2) is 0 Å². The summed E-state index contributed by atoms with van der Waals surface area (Å²) in [5.41, 5.74) is 0. The van der Waals surface area contributed by atoms with Crippen LogP contribution in [0.5, 0.6) is 0 Å². The Balaban J connectivity index is 1.82. The second-order valence-corrected chi connectivity index (χ2v) is 5.14. The van der Waals surface area contributed by atoms with E-state index in [0.717, 1.165) is 13.1 Å². The van der Waals surface area contributed by atoms with Crippen molar-refractivity contribution in [2.75, 3.05) is 32.8 Å². The minimum absolute atomic E-state index is 0.139. The molecule has 16 heavy (non-hydrogen) atoms. The lowest BCUT2D eigenvalue weighted by molar-refractivity contribution is -0.128. The van der Waals surface area contributed by atoms with Crippen molar-refractivity contribution in [2.45, 2.75) is 32.2 Å². The molecule has 0 bridgehead atoms. The van der Waals surface area contributed by atoms with E-state index in [1.165, 1.54) is 25.9 Å². The molecule has 0 aromatic rings. The van der Waals surface area contributed by atoms with Gasteiger partial charge in [-0.25, -0.2) is 0 Å². The van der Waals surface area contributed by atoms with Gasteiger partial charge >= 0.3 is 0 Å². The number of aliphatic hydroxyl groups is 1. The van der Waals surface area contributed by atoms with Crippen molar-refractivity contribution in [3.05, 3.63) is 0 Å². The molecule has 0 saturated carbocycles. The predicted molar refractivity (Wildman–Crippen MR) is 62.0 cm³/mol. The van der Waals surface area contributed by atoms with Crippen LogP contribution in [-0.2, 0) is 4.79 Å². The second kappa shape index (κ2) is 5.15. The highest BCUT2D eigenvalue weighted by atomic mass is 16.3. The molecule has 2 saturated heterocycles. The van der Waals surface area contributed by atoms with Crippen molar-refractivity contribution in [3.8, 4) is 0 Å². The summed E-state index contributed by atoms with van der Waals surface area (Å²) in [5.74, 6) is 0.378. The Morgan fingerprint density at radius 3 is 2.69 bits per heavy atom. The molecule has 2 aliphatic rings. The summed E-state index contributed by atoms with van der Waals surface area (Å²) in [4.78, 5) is 16.1. The van der Waals surface area contributed by atoms with Crippen LogP contribution in [0.25, 0.3) is 0 Å². The highest BCUT2D eigenvalue weighted by molar-refractivity contribution is 5.78. The lowest BCUT2D eigenvalue weighted by atomic mass is 10.1. The van der Waals surface area contributed by atoms with E-state index in [1.54, 1.807) is 0 Å². The van der Waals surface area contributed by atoms with Crippen LogP contribution < -0.4 is 0 Å². The number of carbonyl (C=O) groups is 1. The van der Waals surface area contributed by atoms with Crippen LogP contribution in [0.3, 0.4) is 0 Å². The Morgan fingerprint density at radius 2 is 2.12 bits per heavy atom. The maximum Gasteiger partial charge on any atom is 0.223 e. The molecule has 2 fully saturated rings. The molecule has 2 unspecified atom stereocenters. The van der Waals surface area contributed by atoms with Gasteiger partial charge < -0.3 is 10.0 Å². The third kappa shape index (κ3) is 2.55. The van der Waals surface area contributed by atoms with Crippen molar-refractivity contribution in [2.24, 2.45) is 5.92 Å². The van der Waals surface area contributed by atoms with Crippen LogP contribution in [0.4, 0.5) is 0 Å². The molecule has 0 aromatic carbocycles. The Kier molecular flexibility index (Phi) is 3.82. The molecule has 0 spiro atoms. The zero-order chi connectivity index (χ0) is 11.5. The lowest BCUT2D eigenvalue weighted by Crippen LogP contribution is -2.41. The fourth-order valence-corrected chi connectivity index (χ4v) is 2.77. The Labute approximate surface area is 97.2 Å². The maximum atomic E-state index is 11.7. The Morgan fingerprint density at radius 1 is 1.44 bits per heavy atom. The van der Waals surface area contributed by atoms with Crippen LogP contribution in [0.2, 0.25) is 0 Å². The summed E-state index contributed by atoms with van der Waals surface area (Å²) < 4.78 is 0. The van der Waals surface area contributed by atoms with Gasteiger partial charge in [0.05, 0.1) is 0 Å². The third-order valence-electron chi connectivity index (χ3n) is 3.80. The number of carbonyl (C=O) groups excluding carboxylic acids is 1. The predicted octanol–water partition coefficient (Wildman–Crippen LogP) is 0.311. The summed E-state index contributed by atoms with van der Waals surface area (Å²) in [5, 5.41) is 9.06. The largest absolute Gasteiger partial charge is 0.396 e. The highest BCUT2D eigenvalue weighted by Crippen LogP contribution is 2.19. The summed E-state index contributed by atoms with van der Waals surface area (Å²) in [6, 6.07) is 0.462. The van der Waals surface area contributed by atoms with Crippen molar-refractivity contribution in [1.82, 2.24) is 9.80 Å². The number of amides is 1. The van der Waals surface area contributed by atoms with Crippen molar-refractivity contribution in [3.63, 3.8) is 0 Å². The zero-order valence-electron chi connectivity index (χ0n) is 10.1. The first-order chi connectivity index (χ1) is 7.70. The maximum absolute atomic E-state index is 11.7. The quantitative estimate of drug-likeness (QED) is 0.750. The summed E-state index contributed by atoms with van der Waals surface area (Å²) in [6.07, 6.45) is 3.11. The van der Waals surface area contributed by atoms with E-state index in [4.69, 9.17) is 5.11 Å².